The summed E-state index contributed by atoms with van der Waals surface area (Å²) in [7, 11) is 0. The molecule has 0 amide bonds. The Kier molecular flexibility index (Phi) is 5.21. The molecular formula is C17H16ClNO5. The molecule has 0 aliphatic heterocycles. The van der Waals surface area contributed by atoms with Gasteiger partial charge in [-0.05, 0) is 31.5 Å². The van der Waals surface area contributed by atoms with Gasteiger partial charge in [-0.15, -0.1) is 0 Å². The van der Waals surface area contributed by atoms with Crippen molar-refractivity contribution in [3.05, 3.63) is 74.8 Å². The summed E-state index contributed by atoms with van der Waals surface area (Å²) in [6.45, 7) is 3.32. The summed E-state index contributed by atoms with van der Waals surface area (Å²) in [4.78, 5) is 22.8. The molecule has 0 bridgehead atoms. The van der Waals surface area contributed by atoms with Gasteiger partial charge < -0.3 is 9.84 Å². The zero-order valence-electron chi connectivity index (χ0n) is 13.1. The van der Waals surface area contributed by atoms with Crippen LogP contribution in [-0.2, 0) is 15.1 Å². The van der Waals surface area contributed by atoms with Gasteiger partial charge in [0.25, 0.3) is 5.69 Å². The molecule has 0 spiro atoms. The van der Waals surface area contributed by atoms with Gasteiger partial charge in [-0.25, -0.2) is 4.79 Å². The number of esters is 1. The molecule has 1 unspecified atom stereocenters. The Bertz CT molecular complexity index is 763. The maximum Gasteiger partial charge on any atom is 0.347 e. The van der Waals surface area contributed by atoms with E-state index in [1.54, 1.807) is 44.2 Å². The standard InChI is InChI=1S/C17H16ClNO5/c1-11(2)24-16(20)17(21,12-6-4-3-5-7-12)13-8-9-15(19(22)23)14(18)10-13/h3-11,21H,1-2H3. The van der Waals surface area contributed by atoms with E-state index in [-0.39, 0.29) is 21.8 Å². The molecule has 1 N–H and O–H groups in total. The average Bonchev–Trinajstić information content (AvgIpc) is 2.53. The van der Waals surface area contributed by atoms with E-state index in [1.807, 2.05) is 0 Å². The normalized spacial score (nSPS) is 13.4. The minimum atomic E-state index is -2.12. The first-order chi connectivity index (χ1) is 11.3. The van der Waals surface area contributed by atoms with E-state index in [9.17, 15) is 20.0 Å². The van der Waals surface area contributed by atoms with Crippen molar-refractivity contribution in [3.8, 4) is 0 Å². The summed E-state index contributed by atoms with van der Waals surface area (Å²) < 4.78 is 5.18. The van der Waals surface area contributed by atoms with Crippen LogP contribution >= 0.6 is 11.6 Å². The number of halogens is 1. The Morgan fingerprint density at radius 3 is 2.33 bits per heavy atom. The number of hydrogen-bond donors (Lipinski definition) is 1. The van der Waals surface area contributed by atoms with Gasteiger partial charge in [0, 0.05) is 11.6 Å². The van der Waals surface area contributed by atoms with Gasteiger partial charge in [0.15, 0.2) is 0 Å². The average molecular weight is 350 g/mol. The predicted molar refractivity (Wildman–Crippen MR) is 88.8 cm³/mol. The van der Waals surface area contributed by atoms with Crippen LogP contribution in [0, 0.1) is 10.1 Å². The summed E-state index contributed by atoms with van der Waals surface area (Å²) >= 11 is 5.92. The molecule has 126 valence electrons. The monoisotopic (exact) mass is 349 g/mol. The Morgan fingerprint density at radius 1 is 1.21 bits per heavy atom. The highest BCUT2D eigenvalue weighted by Crippen LogP contribution is 2.35. The van der Waals surface area contributed by atoms with Crippen molar-refractivity contribution in [3.63, 3.8) is 0 Å². The van der Waals surface area contributed by atoms with E-state index < -0.39 is 22.6 Å². The van der Waals surface area contributed by atoms with Crippen LogP contribution in [0.4, 0.5) is 5.69 Å². The Labute approximate surface area is 143 Å². The molecular weight excluding hydrogens is 334 g/mol. The van der Waals surface area contributed by atoms with Gasteiger partial charge in [0.05, 0.1) is 11.0 Å². The third-order valence-corrected chi connectivity index (χ3v) is 3.69. The fourth-order valence-corrected chi connectivity index (χ4v) is 2.51. The van der Waals surface area contributed by atoms with E-state index in [0.29, 0.717) is 0 Å². The second-order valence-corrected chi connectivity index (χ2v) is 5.86. The van der Waals surface area contributed by atoms with Crippen molar-refractivity contribution in [1.82, 2.24) is 0 Å². The molecule has 0 aromatic heterocycles. The Hall–Kier alpha value is -2.44. The van der Waals surface area contributed by atoms with Gasteiger partial charge in [0.2, 0.25) is 5.60 Å². The maximum absolute atomic E-state index is 12.6. The third-order valence-electron chi connectivity index (χ3n) is 3.39. The van der Waals surface area contributed by atoms with Crippen LogP contribution in [0.25, 0.3) is 0 Å². The minimum Gasteiger partial charge on any atom is -0.460 e. The number of carbonyl (C=O) groups excluding carboxylic acids is 1. The molecule has 7 heteroatoms. The fourth-order valence-electron chi connectivity index (χ4n) is 2.26. The molecule has 6 nitrogen and oxygen atoms in total. The fraction of sp³-hybridized carbons (Fsp3) is 0.235. The minimum absolute atomic E-state index is 0.0925. The number of nitro groups is 1. The first-order valence-electron chi connectivity index (χ1n) is 7.20. The molecule has 0 fully saturated rings. The highest BCUT2D eigenvalue weighted by Gasteiger charge is 2.42. The van der Waals surface area contributed by atoms with Crippen LogP contribution in [0.5, 0.6) is 0 Å². The van der Waals surface area contributed by atoms with Crippen molar-refractivity contribution >= 4 is 23.3 Å². The second-order valence-electron chi connectivity index (χ2n) is 5.45. The van der Waals surface area contributed by atoms with Crippen LogP contribution in [0.2, 0.25) is 5.02 Å². The lowest BCUT2D eigenvalue weighted by molar-refractivity contribution is -0.384. The van der Waals surface area contributed by atoms with Crippen molar-refractivity contribution in [2.45, 2.75) is 25.6 Å². The molecule has 2 rings (SSSR count). The zero-order valence-corrected chi connectivity index (χ0v) is 13.9. The number of nitrogens with zero attached hydrogens (tertiary/aromatic N) is 1. The number of ether oxygens (including phenoxy) is 1. The number of carbonyl (C=O) groups is 1. The molecule has 1 atom stereocenters. The number of hydrogen-bond acceptors (Lipinski definition) is 5. The van der Waals surface area contributed by atoms with Crippen molar-refractivity contribution in [2.75, 3.05) is 0 Å². The van der Waals surface area contributed by atoms with Crippen LogP contribution in [0.1, 0.15) is 25.0 Å². The maximum atomic E-state index is 12.6. The summed E-state index contributed by atoms with van der Waals surface area (Å²) in [5.41, 5.74) is -2.06. The van der Waals surface area contributed by atoms with E-state index in [1.165, 1.54) is 12.1 Å². The molecule has 0 aliphatic carbocycles. The molecule has 24 heavy (non-hydrogen) atoms. The van der Waals surface area contributed by atoms with Gasteiger partial charge >= 0.3 is 5.97 Å². The number of benzene rings is 2. The molecule has 0 heterocycles. The van der Waals surface area contributed by atoms with Crippen LogP contribution in [-0.4, -0.2) is 22.1 Å². The first kappa shape index (κ1) is 17.9. The molecule has 2 aromatic rings. The quantitative estimate of drug-likeness (QED) is 0.507. The third kappa shape index (κ3) is 3.39. The number of nitro benzene ring substituents is 1. The van der Waals surface area contributed by atoms with Crippen molar-refractivity contribution in [1.29, 1.82) is 0 Å². The van der Waals surface area contributed by atoms with Crippen molar-refractivity contribution < 1.29 is 19.6 Å². The Morgan fingerprint density at radius 2 is 1.83 bits per heavy atom. The highest BCUT2D eigenvalue weighted by molar-refractivity contribution is 6.32. The van der Waals surface area contributed by atoms with E-state index in [4.69, 9.17) is 16.3 Å². The largest absolute Gasteiger partial charge is 0.460 e. The van der Waals surface area contributed by atoms with Gasteiger partial charge in [-0.2, -0.15) is 0 Å². The summed E-state index contributed by atoms with van der Waals surface area (Å²) in [6, 6.07) is 11.8. The summed E-state index contributed by atoms with van der Waals surface area (Å²) in [5.74, 6) is -0.881. The lowest BCUT2D eigenvalue weighted by Gasteiger charge is -2.28. The number of rotatable bonds is 5. The first-order valence-corrected chi connectivity index (χ1v) is 7.58. The molecule has 0 saturated carbocycles. The van der Waals surface area contributed by atoms with Crippen LogP contribution < -0.4 is 0 Å². The summed E-state index contributed by atoms with van der Waals surface area (Å²) in [5, 5.41) is 21.8. The lowest BCUT2D eigenvalue weighted by Crippen LogP contribution is -2.39. The van der Waals surface area contributed by atoms with Gasteiger partial charge in [-0.3, -0.25) is 10.1 Å². The molecule has 0 saturated heterocycles. The highest BCUT2D eigenvalue weighted by atomic mass is 35.5. The predicted octanol–water partition coefficient (Wildman–Crippen LogP) is 3.44. The summed E-state index contributed by atoms with van der Waals surface area (Å²) in [6.07, 6.45) is -0.443. The molecule has 0 aliphatic rings. The van der Waals surface area contributed by atoms with E-state index in [2.05, 4.69) is 0 Å². The topological polar surface area (TPSA) is 89.7 Å². The zero-order chi connectivity index (χ0) is 17.9. The Balaban J connectivity index is 2.61. The van der Waals surface area contributed by atoms with Crippen LogP contribution in [0.15, 0.2) is 48.5 Å². The molecule has 0 radical (unpaired) electrons. The van der Waals surface area contributed by atoms with Crippen LogP contribution in [0.3, 0.4) is 0 Å². The lowest BCUT2D eigenvalue weighted by atomic mass is 9.86. The number of aliphatic hydroxyl groups is 1. The second kappa shape index (κ2) is 6.98. The van der Waals surface area contributed by atoms with E-state index in [0.717, 1.165) is 6.07 Å². The van der Waals surface area contributed by atoms with E-state index >= 15 is 0 Å². The SMILES string of the molecule is CC(C)OC(=O)C(O)(c1ccccc1)c1ccc([N+](=O)[O-])c(Cl)c1. The van der Waals surface area contributed by atoms with Gasteiger partial charge in [-0.1, -0.05) is 41.9 Å². The smallest absolute Gasteiger partial charge is 0.347 e. The van der Waals surface area contributed by atoms with Gasteiger partial charge in [0.1, 0.15) is 5.02 Å². The van der Waals surface area contributed by atoms with Crippen molar-refractivity contribution in [2.24, 2.45) is 0 Å². The molecule has 2 aromatic carbocycles.